The average Bonchev–Trinajstić information content (AvgIpc) is 2.78. The second-order valence-corrected chi connectivity index (χ2v) is 6.32. The normalized spacial score (nSPS) is 30.4. The number of nitrogens with one attached hydrogen (secondary N) is 1. The van der Waals surface area contributed by atoms with Crippen LogP contribution in [0.25, 0.3) is 0 Å². The van der Waals surface area contributed by atoms with Gasteiger partial charge in [-0.1, -0.05) is 6.42 Å². The Hall–Kier alpha value is -0.700. The van der Waals surface area contributed by atoms with Crippen LogP contribution in [-0.2, 0) is 19.7 Å². The van der Waals surface area contributed by atoms with E-state index >= 15 is 0 Å². The van der Waals surface area contributed by atoms with Crippen molar-refractivity contribution in [3.05, 3.63) is 0 Å². The van der Waals surface area contributed by atoms with Crippen molar-refractivity contribution in [3.63, 3.8) is 0 Å². The standard InChI is InChI=1S/C10H18N2O5S/c13-10(14)8-2-1-3-9(8)11-18(15,16)12-4-6-17-7-5-12/h8-9,11H,1-7H2,(H,13,14). The van der Waals surface area contributed by atoms with Gasteiger partial charge in [-0.3, -0.25) is 4.79 Å². The molecule has 2 atom stereocenters. The first kappa shape index (κ1) is 13.7. The smallest absolute Gasteiger partial charge is 0.308 e. The van der Waals surface area contributed by atoms with Crippen molar-refractivity contribution in [2.75, 3.05) is 26.3 Å². The fourth-order valence-electron chi connectivity index (χ4n) is 2.45. The van der Waals surface area contributed by atoms with Crippen molar-refractivity contribution >= 4 is 16.2 Å². The maximum absolute atomic E-state index is 12.1. The molecule has 0 radical (unpaired) electrons. The van der Waals surface area contributed by atoms with Crippen LogP contribution in [0.15, 0.2) is 0 Å². The number of carbonyl (C=O) groups is 1. The molecule has 1 aliphatic heterocycles. The third-order valence-electron chi connectivity index (χ3n) is 3.44. The van der Waals surface area contributed by atoms with Crippen molar-refractivity contribution in [3.8, 4) is 0 Å². The molecule has 0 aromatic rings. The van der Waals surface area contributed by atoms with Gasteiger partial charge in [0.15, 0.2) is 0 Å². The van der Waals surface area contributed by atoms with Crippen molar-refractivity contribution in [2.24, 2.45) is 5.92 Å². The number of ether oxygens (including phenoxy) is 1. The maximum atomic E-state index is 12.1. The Bertz CT molecular complexity index is 404. The van der Waals surface area contributed by atoms with E-state index in [0.717, 1.165) is 6.42 Å². The first-order valence-corrected chi connectivity index (χ1v) is 7.52. The molecule has 1 aliphatic carbocycles. The van der Waals surface area contributed by atoms with Crippen LogP contribution in [0.4, 0.5) is 0 Å². The van der Waals surface area contributed by atoms with Crippen LogP contribution in [0.5, 0.6) is 0 Å². The molecule has 0 aromatic heterocycles. The number of nitrogens with zero attached hydrogens (tertiary/aromatic N) is 1. The summed E-state index contributed by atoms with van der Waals surface area (Å²) in [4.78, 5) is 11.0. The molecule has 18 heavy (non-hydrogen) atoms. The van der Waals surface area contributed by atoms with E-state index in [9.17, 15) is 13.2 Å². The molecule has 7 nitrogen and oxygen atoms in total. The number of hydrogen-bond donors (Lipinski definition) is 2. The first-order valence-electron chi connectivity index (χ1n) is 6.08. The fourth-order valence-corrected chi connectivity index (χ4v) is 3.89. The molecule has 0 amide bonds. The van der Waals surface area contributed by atoms with Crippen LogP contribution in [0.1, 0.15) is 19.3 Å². The van der Waals surface area contributed by atoms with Gasteiger partial charge in [0.25, 0.3) is 10.2 Å². The zero-order valence-electron chi connectivity index (χ0n) is 10.0. The van der Waals surface area contributed by atoms with E-state index in [0.29, 0.717) is 39.1 Å². The highest BCUT2D eigenvalue weighted by atomic mass is 32.2. The van der Waals surface area contributed by atoms with Crippen molar-refractivity contribution in [1.29, 1.82) is 0 Å². The molecular formula is C10H18N2O5S. The van der Waals surface area contributed by atoms with Gasteiger partial charge < -0.3 is 9.84 Å². The Labute approximate surface area is 106 Å². The zero-order chi connectivity index (χ0) is 13.2. The van der Waals surface area contributed by atoms with E-state index in [1.54, 1.807) is 0 Å². The van der Waals surface area contributed by atoms with E-state index in [1.807, 2.05) is 0 Å². The molecule has 2 aliphatic rings. The molecule has 1 saturated heterocycles. The van der Waals surface area contributed by atoms with Crippen LogP contribution >= 0.6 is 0 Å². The van der Waals surface area contributed by atoms with E-state index in [2.05, 4.69) is 4.72 Å². The second-order valence-electron chi connectivity index (χ2n) is 4.62. The number of rotatable bonds is 4. The highest BCUT2D eigenvalue weighted by Gasteiger charge is 2.37. The molecule has 8 heteroatoms. The minimum Gasteiger partial charge on any atom is -0.481 e. The van der Waals surface area contributed by atoms with Crippen molar-refractivity contribution in [2.45, 2.75) is 25.3 Å². The summed E-state index contributed by atoms with van der Waals surface area (Å²) in [5, 5.41) is 9.02. The Morgan fingerprint density at radius 1 is 1.28 bits per heavy atom. The average molecular weight is 278 g/mol. The van der Waals surface area contributed by atoms with Crippen LogP contribution in [-0.4, -0.2) is 56.1 Å². The molecule has 2 rings (SSSR count). The summed E-state index contributed by atoms with van der Waals surface area (Å²) >= 11 is 0. The quantitative estimate of drug-likeness (QED) is 0.716. The third kappa shape index (κ3) is 3.00. The van der Waals surface area contributed by atoms with Gasteiger partial charge in [-0.15, -0.1) is 0 Å². The molecule has 0 bridgehead atoms. The van der Waals surface area contributed by atoms with Gasteiger partial charge >= 0.3 is 5.97 Å². The maximum Gasteiger partial charge on any atom is 0.308 e. The largest absolute Gasteiger partial charge is 0.481 e. The zero-order valence-corrected chi connectivity index (χ0v) is 10.9. The molecule has 2 unspecified atom stereocenters. The number of hydrogen-bond acceptors (Lipinski definition) is 4. The van der Waals surface area contributed by atoms with Crippen LogP contribution in [0, 0.1) is 5.92 Å². The first-order chi connectivity index (χ1) is 8.50. The van der Waals surface area contributed by atoms with Gasteiger partial charge in [0.2, 0.25) is 0 Å². The Morgan fingerprint density at radius 3 is 2.56 bits per heavy atom. The van der Waals surface area contributed by atoms with E-state index < -0.39 is 28.1 Å². The predicted molar refractivity (Wildman–Crippen MR) is 63.2 cm³/mol. The monoisotopic (exact) mass is 278 g/mol. The Balaban J connectivity index is 2.00. The SMILES string of the molecule is O=C(O)C1CCCC1NS(=O)(=O)N1CCOCC1. The van der Waals surface area contributed by atoms with Gasteiger partial charge in [0, 0.05) is 19.1 Å². The molecular weight excluding hydrogens is 260 g/mol. The highest BCUT2D eigenvalue weighted by molar-refractivity contribution is 7.87. The van der Waals surface area contributed by atoms with Crippen LogP contribution < -0.4 is 4.72 Å². The molecule has 1 heterocycles. The molecule has 2 N–H and O–H groups in total. The van der Waals surface area contributed by atoms with Gasteiger partial charge in [0.05, 0.1) is 19.1 Å². The fraction of sp³-hybridized carbons (Fsp3) is 0.900. The van der Waals surface area contributed by atoms with Gasteiger partial charge in [-0.05, 0) is 12.8 Å². The lowest BCUT2D eigenvalue weighted by atomic mass is 10.1. The lowest BCUT2D eigenvalue weighted by Crippen LogP contribution is -2.51. The minimum absolute atomic E-state index is 0.319. The van der Waals surface area contributed by atoms with Gasteiger partial charge in [-0.25, -0.2) is 0 Å². The highest BCUT2D eigenvalue weighted by Crippen LogP contribution is 2.26. The van der Waals surface area contributed by atoms with Crippen LogP contribution in [0.2, 0.25) is 0 Å². The molecule has 104 valence electrons. The third-order valence-corrected chi connectivity index (χ3v) is 5.09. The topological polar surface area (TPSA) is 95.9 Å². The van der Waals surface area contributed by atoms with E-state index in [4.69, 9.17) is 9.84 Å². The Morgan fingerprint density at radius 2 is 1.94 bits per heavy atom. The minimum atomic E-state index is -3.59. The summed E-state index contributed by atoms with van der Waals surface area (Å²) in [6.07, 6.45) is 1.86. The number of aliphatic carboxylic acids is 1. The summed E-state index contributed by atoms with van der Waals surface area (Å²) in [5.41, 5.74) is 0. The molecule has 1 saturated carbocycles. The van der Waals surface area contributed by atoms with Gasteiger partial charge in [-0.2, -0.15) is 17.4 Å². The van der Waals surface area contributed by atoms with Crippen molar-refractivity contribution in [1.82, 2.24) is 9.03 Å². The predicted octanol–water partition coefficient (Wildman–Crippen LogP) is -0.594. The van der Waals surface area contributed by atoms with Crippen LogP contribution in [0.3, 0.4) is 0 Å². The number of morpholine rings is 1. The van der Waals surface area contributed by atoms with E-state index in [-0.39, 0.29) is 0 Å². The summed E-state index contributed by atoms with van der Waals surface area (Å²) in [7, 11) is -3.59. The number of carboxylic acids is 1. The summed E-state index contributed by atoms with van der Waals surface area (Å²) in [5.74, 6) is -1.54. The summed E-state index contributed by atoms with van der Waals surface area (Å²) in [6.45, 7) is 1.40. The second kappa shape index (κ2) is 5.52. The van der Waals surface area contributed by atoms with E-state index in [1.165, 1.54) is 4.31 Å². The van der Waals surface area contributed by atoms with Crippen molar-refractivity contribution < 1.29 is 23.1 Å². The summed E-state index contributed by atoms with van der Waals surface area (Å²) in [6, 6.07) is -0.490. The lowest BCUT2D eigenvalue weighted by Gasteiger charge is -2.28. The van der Waals surface area contributed by atoms with Gasteiger partial charge in [0.1, 0.15) is 0 Å². The Kier molecular flexibility index (Phi) is 4.21. The molecule has 0 spiro atoms. The summed E-state index contributed by atoms with van der Waals surface area (Å²) < 4.78 is 33.1. The lowest BCUT2D eigenvalue weighted by molar-refractivity contribution is -0.142. The molecule has 2 fully saturated rings. The number of carboxylic acid groups (broad SMARTS) is 1. The molecule has 0 aromatic carbocycles.